The van der Waals surface area contributed by atoms with E-state index in [0.717, 1.165) is 5.56 Å². The summed E-state index contributed by atoms with van der Waals surface area (Å²) in [4.78, 5) is 34.5. The first-order chi connectivity index (χ1) is 9.88. The SMILES string of the molecule is CN(Cc1ccc(F)cc1)C(=O)NCC(=O)NCC(=O)O. The molecule has 0 fully saturated rings. The third-order valence-corrected chi connectivity index (χ3v) is 2.52. The predicted octanol–water partition coefficient (Wildman–Crippen LogP) is 0.168. The second kappa shape index (κ2) is 7.83. The summed E-state index contributed by atoms with van der Waals surface area (Å²) < 4.78 is 12.7. The Hall–Kier alpha value is -2.64. The largest absolute Gasteiger partial charge is 0.480 e. The number of benzene rings is 1. The molecule has 0 saturated heterocycles. The highest BCUT2D eigenvalue weighted by molar-refractivity contribution is 5.86. The van der Waals surface area contributed by atoms with Gasteiger partial charge in [0.1, 0.15) is 12.4 Å². The van der Waals surface area contributed by atoms with E-state index in [-0.39, 0.29) is 18.9 Å². The Morgan fingerprint density at radius 3 is 2.33 bits per heavy atom. The molecule has 1 aromatic rings. The molecule has 0 aromatic heterocycles. The number of carbonyl (C=O) groups is 3. The molecule has 0 atom stereocenters. The van der Waals surface area contributed by atoms with Crippen molar-refractivity contribution in [2.24, 2.45) is 0 Å². The lowest BCUT2D eigenvalue weighted by atomic mass is 10.2. The first kappa shape index (κ1) is 16.4. The van der Waals surface area contributed by atoms with Gasteiger partial charge in [-0.1, -0.05) is 12.1 Å². The zero-order chi connectivity index (χ0) is 15.8. The number of nitrogens with one attached hydrogen (secondary N) is 2. The normalized spacial score (nSPS) is 9.81. The summed E-state index contributed by atoms with van der Waals surface area (Å²) in [6.45, 7) is -0.567. The van der Waals surface area contributed by atoms with Gasteiger partial charge < -0.3 is 20.6 Å². The van der Waals surface area contributed by atoms with E-state index >= 15 is 0 Å². The molecule has 0 radical (unpaired) electrons. The highest BCUT2D eigenvalue weighted by Gasteiger charge is 2.11. The number of rotatable bonds is 6. The first-order valence-electron chi connectivity index (χ1n) is 6.10. The van der Waals surface area contributed by atoms with E-state index < -0.39 is 24.5 Å². The molecule has 0 bridgehead atoms. The standard InChI is InChI=1S/C13H16FN3O4/c1-17(8-9-2-4-10(14)5-3-9)13(21)16-6-11(18)15-7-12(19)20/h2-5H,6-8H2,1H3,(H,15,18)(H,16,21)(H,19,20). The van der Waals surface area contributed by atoms with Crippen molar-refractivity contribution >= 4 is 17.9 Å². The zero-order valence-electron chi connectivity index (χ0n) is 11.4. The van der Waals surface area contributed by atoms with Crippen LogP contribution in [0.2, 0.25) is 0 Å². The van der Waals surface area contributed by atoms with E-state index in [1.807, 2.05) is 0 Å². The molecule has 0 spiro atoms. The van der Waals surface area contributed by atoms with Gasteiger partial charge in [-0.2, -0.15) is 0 Å². The van der Waals surface area contributed by atoms with Gasteiger partial charge in [0.15, 0.2) is 0 Å². The molecule has 3 N–H and O–H groups in total. The second-order valence-electron chi connectivity index (χ2n) is 4.31. The molecule has 7 nitrogen and oxygen atoms in total. The van der Waals surface area contributed by atoms with Gasteiger partial charge in [-0.3, -0.25) is 9.59 Å². The molecule has 1 rings (SSSR count). The van der Waals surface area contributed by atoms with Crippen LogP contribution in [0.1, 0.15) is 5.56 Å². The Bertz CT molecular complexity index is 519. The van der Waals surface area contributed by atoms with E-state index in [2.05, 4.69) is 10.6 Å². The minimum absolute atomic E-state index is 0.253. The molecular weight excluding hydrogens is 281 g/mol. The molecule has 8 heteroatoms. The molecule has 0 saturated carbocycles. The number of urea groups is 1. The topological polar surface area (TPSA) is 98.7 Å². The second-order valence-corrected chi connectivity index (χ2v) is 4.31. The Labute approximate surface area is 120 Å². The monoisotopic (exact) mass is 297 g/mol. The molecule has 114 valence electrons. The number of hydrogen-bond acceptors (Lipinski definition) is 3. The van der Waals surface area contributed by atoms with Crippen LogP contribution in [0.3, 0.4) is 0 Å². The van der Waals surface area contributed by atoms with Crippen LogP contribution in [0.15, 0.2) is 24.3 Å². The van der Waals surface area contributed by atoms with Crippen LogP contribution in [0.5, 0.6) is 0 Å². The summed E-state index contributed by atoms with van der Waals surface area (Å²) in [6, 6.07) is 5.20. The number of carboxylic acid groups (broad SMARTS) is 1. The van der Waals surface area contributed by atoms with Crippen molar-refractivity contribution in [1.29, 1.82) is 0 Å². The van der Waals surface area contributed by atoms with Gasteiger partial charge in [-0.05, 0) is 17.7 Å². The van der Waals surface area contributed by atoms with Crippen molar-refractivity contribution in [1.82, 2.24) is 15.5 Å². The van der Waals surface area contributed by atoms with Gasteiger partial charge in [0.2, 0.25) is 5.91 Å². The number of nitrogens with zero attached hydrogens (tertiary/aromatic N) is 1. The fourth-order valence-corrected chi connectivity index (χ4v) is 1.46. The van der Waals surface area contributed by atoms with Crippen LogP contribution in [0.4, 0.5) is 9.18 Å². The number of hydrogen-bond donors (Lipinski definition) is 3. The number of amides is 3. The van der Waals surface area contributed by atoms with E-state index in [0.29, 0.717) is 0 Å². The van der Waals surface area contributed by atoms with Crippen LogP contribution in [0, 0.1) is 5.82 Å². The summed E-state index contributed by atoms with van der Waals surface area (Å²) in [5.41, 5.74) is 0.740. The molecule has 0 heterocycles. The fourth-order valence-electron chi connectivity index (χ4n) is 1.46. The van der Waals surface area contributed by atoms with Crippen molar-refractivity contribution in [2.45, 2.75) is 6.54 Å². The van der Waals surface area contributed by atoms with Crippen molar-refractivity contribution in [2.75, 3.05) is 20.1 Å². The average Bonchev–Trinajstić information content (AvgIpc) is 2.44. The minimum atomic E-state index is -1.16. The summed E-state index contributed by atoms with van der Waals surface area (Å²) >= 11 is 0. The third-order valence-electron chi connectivity index (χ3n) is 2.52. The number of halogens is 1. The lowest BCUT2D eigenvalue weighted by molar-refractivity contribution is -0.137. The molecule has 0 aliphatic carbocycles. The summed E-state index contributed by atoms with van der Waals surface area (Å²) in [5, 5.41) is 12.8. The fraction of sp³-hybridized carbons (Fsp3) is 0.308. The van der Waals surface area contributed by atoms with Crippen molar-refractivity contribution in [3.63, 3.8) is 0 Å². The number of carboxylic acids is 1. The van der Waals surface area contributed by atoms with Gasteiger partial charge >= 0.3 is 12.0 Å². The third kappa shape index (κ3) is 6.37. The van der Waals surface area contributed by atoms with Gasteiger partial charge in [0.05, 0.1) is 6.54 Å². The van der Waals surface area contributed by atoms with Crippen molar-refractivity contribution in [3.05, 3.63) is 35.6 Å². The maximum atomic E-state index is 12.7. The maximum absolute atomic E-state index is 12.7. The van der Waals surface area contributed by atoms with Crippen LogP contribution in [0.25, 0.3) is 0 Å². The van der Waals surface area contributed by atoms with Gasteiger partial charge in [0, 0.05) is 13.6 Å². The van der Waals surface area contributed by atoms with Crippen molar-refractivity contribution < 1.29 is 23.9 Å². The Balaban J connectivity index is 2.35. The summed E-state index contributed by atoms with van der Waals surface area (Å²) in [7, 11) is 1.52. The first-order valence-corrected chi connectivity index (χ1v) is 6.10. The van der Waals surface area contributed by atoms with Crippen LogP contribution in [-0.4, -0.2) is 48.1 Å². The quantitative estimate of drug-likeness (QED) is 0.697. The predicted molar refractivity (Wildman–Crippen MR) is 71.9 cm³/mol. The lowest BCUT2D eigenvalue weighted by Crippen LogP contribution is -2.43. The molecule has 0 aliphatic heterocycles. The van der Waals surface area contributed by atoms with Gasteiger partial charge in [-0.25, -0.2) is 9.18 Å². The molecule has 1 aromatic carbocycles. The van der Waals surface area contributed by atoms with Crippen LogP contribution < -0.4 is 10.6 Å². The van der Waals surface area contributed by atoms with Gasteiger partial charge in [-0.15, -0.1) is 0 Å². The average molecular weight is 297 g/mol. The number of carbonyl (C=O) groups excluding carboxylic acids is 2. The summed E-state index contributed by atoms with van der Waals surface area (Å²) in [5.74, 6) is -2.12. The van der Waals surface area contributed by atoms with Crippen LogP contribution in [-0.2, 0) is 16.1 Å². The molecular formula is C13H16FN3O4. The lowest BCUT2D eigenvalue weighted by Gasteiger charge is -2.17. The highest BCUT2D eigenvalue weighted by atomic mass is 19.1. The van der Waals surface area contributed by atoms with Crippen molar-refractivity contribution in [3.8, 4) is 0 Å². The van der Waals surface area contributed by atoms with Gasteiger partial charge in [0.25, 0.3) is 0 Å². The van der Waals surface area contributed by atoms with E-state index in [1.165, 1.54) is 24.1 Å². The molecule has 0 aliphatic rings. The minimum Gasteiger partial charge on any atom is -0.480 e. The summed E-state index contributed by atoms with van der Waals surface area (Å²) in [6.07, 6.45) is 0. The Morgan fingerprint density at radius 1 is 1.14 bits per heavy atom. The van der Waals surface area contributed by atoms with Crippen LogP contribution >= 0.6 is 0 Å². The molecule has 0 unspecified atom stereocenters. The molecule has 21 heavy (non-hydrogen) atoms. The smallest absolute Gasteiger partial charge is 0.322 e. The highest BCUT2D eigenvalue weighted by Crippen LogP contribution is 2.05. The molecule has 3 amide bonds. The number of aliphatic carboxylic acids is 1. The maximum Gasteiger partial charge on any atom is 0.322 e. The zero-order valence-corrected chi connectivity index (χ0v) is 11.4. The Kier molecular flexibility index (Phi) is 6.12. The van der Waals surface area contributed by atoms with E-state index in [4.69, 9.17) is 5.11 Å². The van der Waals surface area contributed by atoms with E-state index in [1.54, 1.807) is 12.1 Å². The Morgan fingerprint density at radius 2 is 1.76 bits per heavy atom. The van der Waals surface area contributed by atoms with E-state index in [9.17, 15) is 18.8 Å².